The monoisotopic (exact) mass is 372 g/mol. The van der Waals surface area contributed by atoms with Gasteiger partial charge in [-0.05, 0) is 30.5 Å². The molecule has 2 aliphatic rings. The Morgan fingerprint density at radius 3 is 2.27 bits per heavy atom. The molecule has 1 aromatic carbocycles. The van der Waals surface area contributed by atoms with E-state index in [2.05, 4.69) is 0 Å². The van der Waals surface area contributed by atoms with Crippen LogP contribution in [0.15, 0.2) is 36.4 Å². The highest BCUT2D eigenvalue weighted by atomic mass is 32.1. The van der Waals surface area contributed by atoms with E-state index in [1.54, 1.807) is 24.3 Å². The van der Waals surface area contributed by atoms with E-state index in [1.165, 1.54) is 12.2 Å². The van der Waals surface area contributed by atoms with Gasteiger partial charge in [0.05, 0.1) is 5.69 Å². The summed E-state index contributed by atoms with van der Waals surface area (Å²) in [7, 11) is 0. The minimum atomic E-state index is -0.501. The summed E-state index contributed by atoms with van der Waals surface area (Å²) in [5, 5.41) is 0.907. The van der Waals surface area contributed by atoms with Gasteiger partial charge in [0.25, 0.3) is 17.7 Å². The number of benzene rings is 1. The first-order valence-corrected chi connectivity index (χ1v) is 8.58. The minimum Gasteiger partial charge on any atom is -0.333 e. The quantitative estimate of drug-likeness (QED) is 0.560. The fraction of sp³-hybridized carbons (Fsp3) is 0.278. The van der Waals surface area contributed by atoms with Crippen LogP contribution in [0.25, 0.3) is 0 Å². The molecule has 134 valence electrons. The second kappa shape index (κ2) is 7.57. The van der Waals surface area contributed by atoms with Crippen LogP contribution in [0.1, 0.15) is 31.2 Å². The number of imide groups is 1. The van der Waals surface area contributed by atoms with Gasteiger partial charge < -0.3 is 4.84 Å². The summed E-state index contributed by atoms with van der Waals surface area (Å²) in [5.41, 5.74) is 1.47. The molecule has 0 saturated carbocycles. The maximum Gasteiger partial charge on any atom is 0.333 e. The van der Waals surface area contributed by atoms with Crippen molar-refractivity contribution in [1.82, 2.24) is 5.06 Å². The van der Waals surface area contributed by atoms with Crippen molar-refractivity contribution in [2.24, 2.45) is 0 Å². The molecule has 0 atom stereocenters. The number of carbonyl (C=O) groups excluding carboxylic acids is 4. The van der Waals surface area contributed by atoms with Crippen molar-refractivity contribution in [3.8, 4) is 0 Å². The van der Waals surface area contributed by atoms with Gasteiger partial charge in [0.1, 0.15) is 4.99 Å². The molecule has 0 bridgehead atoms. The van der Waals surface area contributed by atoms with E-state index in [-0.39, 0.29) is 30.6 Å². The molecule has 1 saturated heterocycles. The van der Waals surface area contributed by atoms with Gasteiger partial charge in [0.15, 0.2) is 0 Å². The van der Waals surface area contributed by atoms with Crippen molar-refractivity contribution in [3.63, 3.8) is 0 Å². The van der Waals surface area contributed by atoms with Crippen molar-refractivity contribution < 1.29 is 24.0 Å². The molecule has 0 aliphatic carbocycles. The zero-order chi connectivity index (χ0) is 18.7. The first-order valence-electron chi connectivity index (χ1n) is 8.17. The lowest BCUT2D eigenvalue weighted by atomic mass is 10.1. The van der Waals surface area contributed by atoms with Crippen LogP contribution in [0, 0.1) is 0 Å². The molecule has 1 fully saturated rings. The summed E-state index contributed by atoms with van der Waals surface area (Å²) in [4.78, 5) is 53.0. The normalized spacial score (nSPS) is 16.8. The fourth-order valence-electron chi connectivity index (χ4n) is 2.71. The van der Waals surface area contributed by atoms with Crippen LogP contribution in [0.4, 0.5) is 5.69 Å². The number of amides is 3. The SMILES string of the molecule is O=C(CCCc1ccc(N2C(=O)C=CC2=O)cc1)ON1C(=O)CCC1=S. The lowest BCUT2D eigenvalue weighted by Crippen LogP contribution is -2.31. The average Bonchev–Trinajstić information content (AvgIpc) is 3.11. The van der Waals surface area contributed by atoms with Gasteiger partial charge in [-0.15, -0.1) is 5.06 Å². The fourth-order valence-corrected chi connectivity index (χ4v) is 2.95. The molecule has 26 heavy (non-hydrogen) atoms. The Hall–Kier alpha value is -2.87. The highest BCUT2D eigenvalue weighted by molar-refractivity contribution is 7.80. The Labute approximate surface area is 155 Å². The van der Waals surface area contributed by atoms with Crippen molar-refractivity contribution in [2.75, 3.05) is 4.90 Å². The van der Waals surface area contributed by atoms with Crippen LogP contribution < -0.4 is 4.90 Å². The standard InChI is InChI=1S/C18H16N2O5S/c21-14-8-9-15(22)19(14)13-6-4-12(5-7-13)2-1-3-18(24)25-20-16(23)10-11-17(20)26/h4-9H,1-3,10-11H2. The Bertz CT molecular complexity index is 781. The second-order valence-corrected chi connectivity index (χ2v) is 6.38. The molecule has 0 spiro atoms. The van der Waals surface area contributed by atoms with Gasteiger partial charge in [0.2, 0.25) is 0 Å². The molecule has 2 heterocycles. The van der Waals surface area contributed by atoms with Gasteiger partial charge in [-0.2, -0.15) is 0 Å². The molecule has 3 amide bonds. The number of carbonyl (C=O) groups is 4. The maximum absolute atomic E-state index is 11.8. The number of aryl methyl sites for hydroxylation is 1. The highest BCUT2D eigenvalue weighted by Crippen LogP contribution is 2.20. The predicted octanol–water partition coefficient (Wildman–Crippen LogP) is 1.85. The number of hydrogen-bond donors (Lipinski definition) is 0. The van der Waals surface area contributed by atoms with Gasteiger partial charge in [-0.3, -0.25) is 14.4 Å². The number of thiocarbonyl (C=S) groups is 1. The van der Waals surface area contributed by atoms with Gasteiger partial charge in [-0.1, -0.05) is 24.4 Å². The molecular weight excluding hydrogens is 356 g/mol. The number of anilines is 1. The third-order valence-electron chi connectivity index (χ3n) is 4.05. The molecule has 8 heteroatoms. The van der Waals surface area contributed by atoms with Crippen LogP contribution in [-0.2, 0) is 30.4 Å². The maximum atomic E-state index is 11.8. The van der Waals surface area contributed by atoms with E-state index >= 15 is 0 Å². The predicted molar refractivity (Wildman–Crippen MR) is 95.8 cm³/mol. The number of hydroxylamine groups is 2. The van der Waals surface area contributed by atoms with E-state index in [4.69, 9.17) is 17.1 Å². The van der Waals surface area contributed by atoms with E-state index < -0.39 is 5.97 Å². The van der Waals surface area contributed by atoms with Crippen LogP contribution in [0.5, 0.6) is 0 Å². The number of rotatable bonds is 6. The van der Waals surface area contributed by atoms with E-state index in [0.717, 1.165) is 15.5 Å². The Balaban J connectivity index is 1.47. The van der Waals surface area contributed by atoms with Crippen LogP contribution in [0.3, 0.4) is 0 Å². The highest BCUT2D eigenvalue weighted by Gasteiger charge is 2.29. The summed E-state index contributed by atoms with van der Waals surface area (Å²) in [6, 6.07) is 6.99. The third kappa shape index (κ3) is 3.85. The molecule has 1 aromatic rings. The summed E-state index contributed by atoms with van der Waals surface area (Å²) >= 11 is 4.97. The number of hydrogen-bond acceptors (Lipinski definition) is 6. The lowest BCUT2D eigenvalue weighted by Gasteiger charge is -2.15. The Kier molecular flexibility index (Phi) is 5.22. The zero-order valence-electron chi connectivity index (χ0n) is 13.8. The van der Waals surface area contributed by atoms with E-state index in [0.29, 0.717) is 29.9 Å². The lowest BCUT2D eigenvalue weighted by molar-refractivity contribution is -0.179. The molecule has 0 unspecified atom stereocenters. The first-order chi connectivity index (χ1) is 12.5. The summed E-state index contributed by atoms with van der Waals surface area (Å²) in [6.45, 7) is 0. The summed E-state index contributed by atoms with van der Waals surface area (Å²) < 4.78 is 0. The molecule has 2 aliphatic heterocycles. The molecule has 0 N–H and O–H groups in total. The van der Waals surface area contributed by atoms with Crippen LogP contribution in [0.2, 0.25) is 0 Å². The molecule has 3 rings (SSSR count). The molecule has 7 nitrogen and oxygen atoms in total. The van der Waals surface area contributed by atoms with Crippen LogP contribution in [-0.4, -0.2) is 33.7 Å². The third-order valence-corrected chi connectivity index (χ3v) is 4.42. The second-order valence-electron chi connectivity index (χ2n) is 5.91. The van der Waals surface area contributed by atoms with Crippen LogP contribution >= 0.6 is 12.2 Å². The summed E-state index contributed by atoms with van der Waals surface area (Å²) in [6.07, 6.45) is 4.49. The van der Waals surface area contributed by atoms with Gasteiger partial charge >= 0.3 is 5.97 Å². The topological polar surface area (TPSA) is 84.0 Å². The minimum absolute atomic E-state index is 0.154. The van der Waals surface area contributed by atoms with Crippen molar-refractivity contribution in [3.05, 3.63) is 42.0 Å². The van der Waals surface area contributed by atoms with E-state index in [9.17, 15) is 19.2 Å². The largest absolute Gasteiger partial charge is 0.333 e. The summed E-state index contributed by atoms with van der Waals surface area (Å²) in [5.74, 6) is -1.52. The first kappa shape index (κ1) is 17.9. The van der Waals surface area contributed by atoms with Gasteiger partial charge in [-0.25, -0.2) is 9.69 Å². The molecule has 0 radical (unpaired) electrons. The Morgan fingerprint density at radius 1 is 1.04 bits per heavy atom. The smallest absolute Gasteiger partial charge is 0.333 e. The Morgan fingerprint density at radius 2 is 1.69 bits per heavy atom. The average molecular weight is 372 g/mol. The van der Waals surface area contributed by atoms with E-state index in [1.807, 2.05) is 0 Å². The van der Waals surface area contributed by atoms with Crippen molar-refractivity contribution in [2.45, 2.75) is 32.1 Å². The number of nitrogens with zero attached hydrogens (tertiary/aromatic N) is 2. The van der Waals surface area contributed by atoms with Gasteiger partial charge in [0, 0.05) is 31.4 Å². The molecule has 0 aromatic heterocycles. The zero-order valence-corrected chi connectivity index (χ0v) is 14.7. The molecular formula is C18H16N2O5S. The van der Waals surface area contributed by atoms with Crippen molar-refractivity contribution in [1.29, 1.82) is 0 Å². The van der Waals surface area contributed by atoms with Crippen molar-refractivity contribution >= 4 is 46.6 Å².